The molecule has 0 bridgehead atoms. The van der Waals surface area contributed by atoms with E-state index in [9.17, 15) is 4.79 Å². The zero-order valence-corrected chi connectivity index (χ0v) is 17.0. The van der Waals surface area contributed by atoms with Crippen molar-refractivity contribution in [1.82, 2.24) is 0 Å². The van der Waals surface area contributed by atoms with Crippen LogP contribution in [0.1, 0.15) is 43.9 Å². The number of hydrogen-bond acceptors (Lipinski definition) is 2. The lowest BCUT2D eigenvalue weighted by atomic mass is 10.1. The van der Waals surface area contributed by atoms with Crippen molar-refractivity contribution in [3.63, 3.8) is 0 Å². The molecule has 0 saturated carbocycles. The molecule has 1 amide bonds. The molecule has 0 aliphatic rings. The zero-order chi connectivity index (χ0) is 18.4. The van der Waals surface area contributed by atoms with Gasteiger partial charge in [-0.1, -0.05) is 48.0 Å². The molecule has 0 spiro atoms. The summed E-state index contributed by atoms with van der Waals surface area (Å²) in [6.45, 7) is 9.14. The summed E-state index contributed by atoms with van der Waals surface area (Å²) in [6.07, 6.45) is 1.50. The van der Waals surface area contributed by atoms with Gasteiger partial charge in [-0.2, -0.15) is 0 Å². The van der Waals surface area contributed by atoms with E-state index in [-0.39, 0.29) is 5.91 Å². The van der Waals surface area contributed by atoms with Crippen molar-refractivity contribution in [2.75, 3.05) is 11.4 Å². The molecule has 0 aromatic heterocycles. The Kier molecular flexibility index (Phi) is 7.06. The molecule has 2 rings (SSSR count). The van der Waals surface area contributed by atoms with Gasteiger partial charge in [0.25, 0.3) is 0 Å². The molecule has 0 heterocycles. The van der Waals surface area contributed by atoms with Crippen LogP contribution in [0.25, 0.3) is 0 Å². The molecule has 3 nitrogen and oxygen atoms in total. The van der Waals surface area contributed by atoms with E-state index in [4.69, 9.17) is 4.74 Å². The average Bonchev–Trinajstić information content (AvgIpc) is 2.62. The minimum atomic E-state index is 0.116. The smallest absolute Gasteiger partial charge is 0.226 e. The van der Waals surface area contributed by atoms with Crippen LogP contribution >= 0.6 is 15.9 Å². The summed E-state index contributed by atoms with van der Waals surface area (Å²) >= 11 is 3.61. The van der Waals surface area contributed by atoms with Crippen LogP contribution in [0.4, 0.5) is 5.69 Å². The Labute approximate surface area is 159 Å². The number of aryl methyl sites for hydroxylation is 2. The summed E-state index contributed by atoms with van der Waals surface area (Å²) in [7, 11) is 0. The number of carbonyl (C=O) groups is 1. The van der Waals surface area contributed by atoms with E-state index in [1.54, 1.807) is 0 Å². The first-order valence-corrected chi connectivity index (χ1v) is 9.61. The molecule has 0 aliphatic carbocycles. The minimum absolute atomic E-state index is 0.116. The Morgan fingerprint density at radius 1 is 1.16 bits per heavy atom. The van der Waals surface area contributed by atoms with Crippen LogP contribution in [0.3, 0.4) is 0 Å². The number of hydrogen-bond donors (Lipinski definition) is 0. The zero-order valence-electron chi connectivity index (χ0n) is 15.4. The molecule has 2 aromatic carbocycles. The Bertz CT molecular complexity index is 743. The molecule has 0 fully saturated rings. The minimum Gasteiger partial charge on any atom is -0.489 e. The number of amides is 1. The van der Waals surface area contributed by atoms with E-state index >= 15 is 0 Å². The van der Waals surface area contributed by atoms with Crippen molar-refractivity contribution >= 4 is 27.5 Å². The van der Waals surface area contributed by atoms with E-state index in [0.717, 1.165) is 33.5 Å². The lowest BCUT2D eigenvalue weighted by Crippen LogP contribution is -2.31. The fourth-order valence-corrected chi connectivity index (χ4v) is 3.33. The summed E-state index contributed by atoms with van der Waals surface area (Å²) in [5.41, 5.74) is 4.33. The summed E-state index contributed by atoms with van der Waals surface area (Å²) in [4.78, 5) is 14.1. The van der Waals surface area contributed by atoms with E-state index in [2.05, 4.69) is 41.9 Å². The molecule has 0 N–H and O–H groups in total. The largest absolute Gasteiger partial charge is 0.489 e. The monoisotopic (exact) mass is 403 g/mol. The van der Waals surface area contributed by atoms with Gasteiger partial charge >= 0.3 is 0 Å². The van der Waals surface area contributed by atoms with Crippen LogP contribution in [0, 0.1) is 6.92 Å². The third-order valence-corrected chi connectivity index (χ3v) is 5.07. The van der Waals surface area contributed by atoms with Crippen LogP contribution in [-0.2, 0) is 17.8 Å². The second-order valence-electron chi connectivity index (χ2n) is 5.97. The summed E-state index contributed by atoms with van der Waals surface area (Å²) < 4.78 is 7.04. The average molecular weight is 404 g/mol. The van der Waals surface area contributed by atoms with Crippen molar-refractivity contribution in [3.05, 3.63) is 57.6 Å². The first-order valence-electron chi connectivity index (χ1n) is 8.81. The molecule has 134 valence electrons. The Hall–Kier alpha value is -1.81. The van der Waals surface area contributed by atoms with Gasteiger partial charge in [0.2, 0.25) is 5.91 Å². The molecule has 0 unspecified atom stereocenters. The normalized spacial score (nSPS) is 10.6. The highest BCUT2D eigenvalue weighted by atomic mass is 79.9. The van der Waals surface area contributed by atoms with Crippen LogP contribution in [0.2, 0.25) is 0 Å². The quantitative estimate of drug-likeness (QED) is 0.596. The molecular formula is C21H26BrNO2. The summed E-state index contributed by atoms with van der Waals surface area (Å²) in [6, 6.07) is 12.2. The molecule has 0 saturated heterocycles. The second-order valence-corrected chi connectivity index (χ2v) is 6.83. The Morgan fingerprint density at radius 3 is 2.52 bits per heavy atom. The van der Waals surface area contributed by atoms with Gasteiger partial charge in [-0.15, -0.1) is 0 Å². The predicted molar refractivity (Wildman–Crippen MR) is 107 cm³/mol. The van der Waals surface area contributed by atoms with Crippen LogP contribution in [0.5, 0.6) is 5.75 Å². The molecule has 25 heavy (non-hydrogen) atoms. The van der Waals surface area contributed by atoms with Crippen molar-refractivity contribution < 1.29 is 9.53 Å². The van der Waals surface area contributed by atoms with Gasteiger partial charge in [-0.25, -0.2) is 0 Å². The summed E-state index contributed by atoms with van der Waals surface area (Å²) in [5, 5.41) is 0. The van der Waals surface area contributed by atoms with Gasteiger partial charge in [0.05, 0.1) is 5.69 Å². The van der Waals surface area contributed by atoms with Crippen LogP contribution in [-0.4, -0.2) is 12.5 Å². The summed E-state index contributed by atoms with van der Waals surface area (Å²) in [5.74, 6) is 0.995. The topological polar surface area (TPSA) is 29.5 Å². The standard InChI is InChI=1S/C21H26BrNO2/c1-5-16-11-12-20(15(4)13-16)25-14-17-18(22)9-8-10-19(17)23(7-3)21(24)6-2/h8-13H,5-7,14H2,1-4H3. The number of anilines is 1. The van der Waals surface area contributed by atoms with Crippen molar-refractivity contribution in [2.45, 2.75) is 47.1 Å². The fraction of sp³-hybridized carbons (Fsp3) is 0.381. The number of rotatable bonds is 7. The number of halogens is 1. The molecule has 0 atom stereocenters. The first-order chi connectivity index (χ1) is 12.0. The lowest BCUT2D eigenvalue weighted by Gasteiger charge is -2.24. The number of benzene rings is 2. The van der Waals surface area contributed by atoms with E-state index < -0.39 is 0 Å². The van der Waals surface area contributed by atoms with Crippen LogP contribution in [0.15, 0.2) is 40.9 Å². The highest BCUT2D eigenvalue weighted by molar-refractivity contribution is 9.10. The Morgan fingerprint density at radius 2 is 1.92 bits per heavy atom. The Balaban J connectivity index is 2.29. The SMILES string of the molecule is CCC(=O)N(CC)c1cccc(Br)c1COc1ccc(CC)cc1C. The van der Waals surface area contributed by atoms with E-state index in [1.165, 1.54) is 5.56 Å². The molecule has 0 aliphatic heterocycles. The van der Waals surface area contributed by atoms with E-state index in [1.807, 2.05) is 43.0 Å². The highest BCUT2D eigenvalue weighted by Gasteiger charge is 2.18. The van der Waals surface area contributed by atoms with E-state index in [0.29, 0.717) is 19.6 Å². The van der Waals surface area contributed by atoms with Gasteiger partial charge in [0.15, 0.2) is 0 Å². The van der Waals surface area contributed by atoms with Gasteiger partial charge in [0, 0.05) is 23.0 Å². The molecule has 2 aromatic rings. The second kappa shape index (κ2) is 9.04. The third kappa shape index (κ3) is 4.63. The molecular weight excluding hydrogens is 378 g/mol. The van der Waals surface area contributed by atoms with Gasteiger partial charge in [-0.05, 0) is 49.6 Å². The number of ether oxygens (including phenoxy) is 1. The van der Waals surface area contributed by atoms with Gasteiger partial charge in [-0.3, -0.25) is 4.79 Å². The maximum Gasteiger partial charge on any atom is 0.226 e. The number of nitrogens with zero attached hydrogens (tertiary/aromatic N) is 1. The maximum atomic E-state index is 12.3. The van der Waals surface area contributed by atoms with Crippen molar-refractivity contribution in [1.29, 1.82) is 0 Å². The number of carbonyl (C=O) groups excluding carboxylic acids is 1. The lowest BCUT2D eigenvalue weighted by molar-refractivity contribution is -0.118. The predicted octanol–water partition coefficient (Wildman–Crippen LogP) is 5.66. The van der Waals surface area contributed by atoms with Gasteiger partial charge < -0.3 is 9.64 Å². The van der Waals surface area contributed by atoms with Crippen molar-refractivity contribution in [3.8, 4) is 5.75 Å². The maximum absolute atomic E-state index is 12.3. The first kappa shape index (κ1) is 19.5. The van der Waals surface area contributed by atoms with Gasteiger partial charge in [0.1, 0.15) is 12.4 Å². The molecule has 4 heteroatoms. The third-order valence-electron chi connectivity index (χ3n) is 4.32. The van der Waals surface area contributed by atoms with Crippen LogP contribution < -0.4 is 9.64 Å². The van der Waals surface area contributed by atoms with Crippen molar-refractivity contribution in [2.24, 2.45) is 0 Å². The fourth-order valence-electron chi connectivity index (χ4n) is 2.86. The molecule has 0 radical (unpaired) electrons. The highest BCUT2D eigenvalue weighted by Crippen LogP contribution is 2.30.